The molecule has 8 nitrogen and oxygen atoms in total. The molecule has 0 aliphatic rings. The summed E-state index contributed by atoms with van der Waals surface area (Å²) in [6.07, 6.45) is -0.813. The highest BCUT2D eigenvalue weighted by atomic mass is 127. The number of ether oxygens (including phenoxy) is 4. The molecule has 2 N–H and O–H groups in total. The van der Waals surface area contributed by atoms with Crippen molar-refractivity contribution in [3.63, 3.8) is 0 Å². The van der Waals surface area contributed by atoms with E-state index in [0.29, 0.717) is 11.3 Å². The van der Waals surface area contributed by atoms with Gasteiger partial charge in [0.2, 0.25) is 0 Å². The maximum Gasteiger partial charge on any atom is 0.408 e. The van der Waals surface area contributed by atoms with Crippen LogP contribution in [-0.4, -0.2) is 55.9 Å². The van der Waals surface area contributed by atoms with Crippen molar-refractivity contribution in [3.8, 4) is 5.75 Å². The monoisotopic (exact) mass is 495 g/mol. The Morgan fingerprint density at radius 2 is 1.85 bits per heavy atom. The number of carboxylic acid groups (broad SMARTS) is 1. The lowest BCUT2D eigenvalue weighted by atomic mass is 9.91. The molecule has 0 saturated carbocycles. The van der Waals surface area contributed by atoms with E-state index in [1.807, 2.05) is 0 Å². The van der Waals surface area contributed by atoms with Crippen LogP contribution < -0.4 is 10.1 Å². The van der Waals surface area contributed by atoms with Crippen molar-refractivity contribution in [2.24, 2.45) is 0 Å². The van der Waals surface area contributed by atoms with E-state index in [-0.39, 0.29) is 19.8 Å². The van der Waals surface area contributed by atoms with Crippen LogP contribution in [0.4, 0.5) is 4.79 Å². The van der Waals surface area contributed by atoms with Crippen LogP contribution in [0.1, 0.15) is 26.3 Å². The van der Waals surface area contributed by atoms with Crippen LogP contribution in [0.5, 0.6) is 5.75 Å². The van der Waals surface area contributed by atoms with E-state index in [1.54, 1.807) is 39.0 Å². The zero-order valence-electron chi connectivity index (χ0n) is 16.1. The van der Waals surface area contributed by atoms with Gasteiger partial charge in [-0.1, -0.05) is 6.07 Å². The molecule has 1 atom stereocenters. The van der Waals surface area contributed by atoms with Crippen LogP contribution in [0.25, 0.3) is 0 Å². The van der Waals surface area contributed by atoms with E-state index in [2.05, 4.69) is 27.9 Å². The number of hydrogen-bond donors (Lipinski definition) is 2. The van der Waals surface area contributed by atoms with Crippen LogP contribution >= 0.6 is 22.6 Å². The topological polar surface area (TPSA) is 103 Å². The van der Waals surface area contributed by atoms with Gasteiger partial charge in [0.1, 0.15) is 11.4 Å². The van der Waals surface area contributed by atoms with Gasteiger partial charge in [-0.3, -0.25) is 0 Å². The van der Waals surface area contributed by atoms with Gasteiger partial charge in [-0.25, -0.2) is 9.59 Å². The summed E-state index contributed by atoms with van der Waals surface area (Å²) >= 11 is 2.09. The summed E-state index contributed by atoms with van der Waals surface area (Å²) in [4.78, 5) is 24.2. The third kappa shape index (κ3) is 7.51. The molecule has 0 fully saturated rings. The Hall–Kier alpha value is -1.59. The molecule has 1 aromatic carbocycles. The molecule has 9 heteroatoms. The quantitative estimate of drug-likeness (QED) is 0.401. The van der Waals surface area contributed by atoms with Gasteiger partial charge in [0, 0.05) is 20.6 Å². The lowest BCUT2D eigenvalue weighted by molar-refractivity contribution is -0.147. The second-order valence-corrected chi connectivity index (χ2v) is 8.10. The van der Waals surface area contributed by atoms with Gasteiger partial charge in [0.25, 0.3) is 0 Å². The first kappa shape index (κ1) is 23.4. The Morgan fingerprint density at radius 3 is 2.33 bits per heavy atom. The van der Waals surface area contributed by atoms with E-state index < -0.39 is 23.2 Å². The Balaban J connectivity index is 3.08. The Morgan fingerprint density at radius 1 is 1.19 bits per heavy atom. The third-order valence-corrected chi connectivity index (χ3v) is 4.22. The van der Waals surface area contributed by atoms with E-state index >= 15 is 0 Å². The number of benzene rings is 1. The number of alkyl carbamates (subject to hydrolysis) is 1. The van der Waals surface area contributed by atoms with Gasteiger partial charge >= 0.3 is 12.1 Å². The van der Waals surface area contributed by atoms with Crippen LogP contribution in [-0.2, 0) is 25.4 Å². The number of carboxylic acids is 1. The molecule has 0 saturated heterocycles. The Kier molecular flexibility index (Phi) is 8.76. The maximum atomic E-state index is 12.2. The van der Waals surface area contributed by atoms with Crippen molar-refractivity contribution in [2.45, 2.75) is 38.3 Å². The minimum absolute atomic E-state index is 0.00990. The number of carbonyl (C=O) groups excluding carboxylic acids is 1. The SMILES string of the molecule is COCOc1ccc(CC(COC)(NC(=O)OC(C)(C)C)C(=O)O)cc1I. The average Bonchev–Trinajstić information content (AvgIpc) is 2.52. The Labute approximate surface area is 172 Å². The van der Waals surface area contributed by atoms with E-state index in [4.69, 9.17) is 18.9 Å². The number of carbonyl (C=O) groups is 2. The summed E-state index contributed by atoms with van der Waals surface area (Å²) in [5.41, 5.74) is -1.73. The van der Waals surface area contributed by atoms with Crippen LogP contribution in [0.2, 0.25) is 0 Å². The summed E-state index contributed by atoms with van der Waals surface area (Å²) in [5.74, 6) is -0.598. The highest BCUT2D eigenvalue weighted by Crippen LogP contribution is 2.25. The summed E-state index contributed by atoms with van der Waals surface area (Å²) in [6, 6.07) is 5.25. The molecular formula is C18H26INO7. The number of halogens is 1. The molecular weight excluding hydrogens is 469 g/mol. The van der Waals surface area contributed by atoms with Crippen LogP contribution in [0.15, 0.2) is 18.2 Å². The van der Waals surface area contributed by atoms with Gasteiger partial charge in [-0.2, -0.15) is 0 Å². The fourth-order valence-electron chi connectivity index (χ4n) is 2.31. The summed E-state index contributed by atoms with van der Waals surface area (Å²) in [7, 11) is 2.90. The molecule has 1 aromatic rings. The summed E-state index contributed by atoms with van der Waals surface area (Å²) < 4.78 is 21.4. The third-order valence-electron chi connectivity index (χ3n) is 3.37. The molecule has 152 valence electrons. The minimum atomic E-state index is -1.67. The molecule has 0 heterocycles. The van der Waals surface area contributed by atoms with Gasteiger partial charge in [0.05, 0.1) is 10.2 Å². The van der Waals surface area contributed by atoms with E-state index in [0.717, 1.165) is 3.57 Å². The standard InChI is InChI=1S/C18H26INO7/c1-17(2,3)27-16(23)20-18(10-24-4,15(21)22)9-12-6-7-14(13(19)8-12)26-11-25-5/h6-8H,9-11H2,1-5H3,(H,20,23)(H,21,22). The highest BCUT2D eigenvalue weighted by molar-refractivity contribution is 14.1. The minimum Gasteiger partial charge on any atom is -0.479 e. The van der Waals surface area contributed by atoms with Crippen molar-refractivity contribution < 1.29 is 33.6 Å². The number of aliphatic carboxylic acids is 1. The maximum absolute atomic E-state index is 12.2. The van der Waals surface area contributed by atoms with Gasteiger partial charge in [0.15, 0.2) is 12.3 Å². The summed E-state index contributed by atoms with van der Waals surface area (Å²) in [6.45, 7) is 4.99. The van der Waals surface area contributed by atoms with E-state index in [1.165, 1.54) is 14.2 Å². The number of methoxy groups -OCH3 is 2. The number of hydrogen-bond acceptors (Lipinski definition) is 6. The number of rotatable bonds is 9. The lowest BCUT2D eigenvalue weighted by Crippen LogP contribution is -2.60. The smallest absolute Gasteiger partial charge is 0.408 e. The largest absolute Gasteiger partial charge is 0.479 e. The molecule has 0 aromatic heterocycles. The van der Waals surface area contributed by atoms with Crippen molar-refractivity contribution in [2.75, 3.05) is 27.6 Å². The van der Waals surface area contributed by atoms with Crippen molar-refractivity contribution in [3.05, 3.63) is 27.3 Å². The molecule has 0 radical (unpaired) electrons. The lowest BCUT2D eigenvalue weighted by Gasteiger charge is -2.31. The molecule has 0 aliphatic heterocycles. The first-order chi connectivity index (χ1) is 12.5. The van der Waals surface area contributed by atoms with Crippen LogP contribution in [0.3, 0.4) is 0 Å². The number of amides is 1. The fraction of sp³-hybridized carbons (Fsp3) is 0.556. The number of nitrogens with one attached hydrogen (secondary N) is 1. The van der Waals surface area contributed by atoms with Gasteiger partial charge in [-0.15, -0.1) is 0 Å². The molecule has 1 amide bonds. The molecule has 0 aliphatic carbocycles. The van der Waals surface area contributed by atoms with Crippen LogP contribution in [0, 0.1) is 3.57 Å². The van der Waals surface area contributed by atoms with Crippen molar-refractivity contribution >= 4 is 34.7 Å². The molecule has 0 bridgehead atoms. The zero-order chi connectivity index (χ0) is 20.7. The predicted molar refractivity (Wildman–Crippen MR) is 107 cm³/mol. The molecule has 0 spiro atoms. The predicted octanol–water partition coefficient (Wildman–Crippen LogP) is 2.81. The molecule has 1 rings (SSSR count). The second kappa shape index (κ2) is 10.1. The first-order valence-corrected chi connectivity index (χ1v) is 9.24. The summed E-state index contributed by atoms with van der Waals surface area (Å²) in [5, 5.41) is 12.3. The van der Waals surface area contributed by atoms with Crippen molar-refractivity contribution in [1.29, 1.82) is 0 Å². The second-order valence-electron chi connectivity index (χ2n) is 6.94. The highest BCUT2D eigenvalue weighted by Gasteiger charge is 2.42. The first-order valence-electron chi connectivity index (χ1n) is 8.16. The van der Waals surface area contributed by atoms with E-state index in [9.17, 15) is 14.7 Å². The zero-order valence-corrected chi connectivity index (χ0v) is 18.3. The normalized spacial score (nSPS) is 13.6. The molecule has 1 unspecified atom stereocenters. The van der Waals surface area contributed by atoms with Gasteiger partial charge < -0.3 is 29.4 Å². The Bertz CT molecular complexity index is 660. The fourth-order valence-corrected chi connectivity index (χ4v) is 3.05. The van der Waals surface area contributed by atoms with Gasteiger partial charge in [-0.05, 0) is 61.1 Å². The van der Waals surface area contributed by atoms with Crippen molar-refractivity contribution in [1.82, 2.24) is 5.32 Å². The molecule has 27 heavy (non-hydrogen) atoms. The average molecular weight is 495 g/mol.